The van der Waals surface area contributed by atoms with E-state index in [9.17, 15) is 4.79 Å². The van der Waals surface area contributed by atoms with Crippen molar-refractivity contribution in [2.75, 3.05) is 13.2 Å². The van der Waals surface area contributed by atoms with Crippen LogP contribution in [0.15, 0.2) is 48.5 Å². The van der Waals surface area contributed by atoms with E-state index < -0.39 is 0 Å². The fourth-order valence-electron chi connectivity index (χ4n) is 2.18. The zero-order valence-corrected chi connectivity index (χ0v) is 14.1. The summed E-state index contributed by atoms with van der Waals surface area (Å²) in [5.41, 5.74) is 2.51. The molecule has 122 valence electrons. The Bertz CT molecular complexity index is 608. The van der Waals surface area contributed by atoms with Crippen LogP contribution in [0.2, 0.25) is 5.02 Å². The minimum absolute atomic E-state index is 0.0456. The third-order valence-electron chi connectivity index (χ3n) is 3.58. The molecule has 0 bridgehead atoms. The van der Waals surface area contributed by atoms with Gasteiger partial charge in [0.05, 0.1) is 6.54 Å². The molecule has 0 heterocycles. The quantitative estimate of drug-likeness (QED) is 0.742. The summed E-state index contributed by atoms with van der Waals surface area (Å²) in [5, 5.41) is 3.55. The molecule has 1 N–H and O–H groups in total. The lowest BCUT2D eigenvalue weighted by atomic mass is 10.1. The molecule has 0 fully saturated rings. The van der Waals surface area contributed by atoms with Gasteiger partial charge in [0.15, 0.2) is 0 Å². The van der Waals surface area contributed by atoms with Gasteiger partial charge >= 0.3 is 0 Å². The van der Waals surface area contributed by atoms with Crippen molar-refractivity contribution in [1.29, 1.82) is 0 Å². The first-order valence-electron chi connectivity index (χ1n) is 7.90. The van der Waals surface area contributed by atoms with Gasteiger partial charge in [-0.1, -0.05) is 42.8 Å². The smallest absolute Gasteiger partial charge is 0.220 e. The second-order valence-corrected chi connectivity index (χ2v) is 5.76. The molecule has 3 nitrogen and oxygen atoms in total. The lowest BCUT2D eigenvalue weighted by Crippen LogP contribution is -2.28. The summed E-state index contributed by atoms with van der Waals surface area (Å²) in [6, 6.07) is 15.6. The number of amides is 1. The van der Waals surface area contributed by atoms with Crippen molar-refractivity contribution in [1.82, 2.24) is 5.32 Å². The van der Waals surface area contributed by atoms with Gasteiger partial charge in [0, 0.05) is 11.4 Å². The van der Waals surface area contributed by atoms with Gasteiger partial charge < -0.3 is 10.1 Å². The Labute approximate surface area is 142 Å². The van der Waals surface area contributed by atoms with E-state index in [1.54, 1.807) is 12.1 Å². The first-order chi connectivity index (χ1) is 11.2. The minimum Gasteiger partial charge on any atom is -0.492 e. The molecule has 0 radical (unpaired) electrons. The molecule has 0 aliphatic carbocycles. The van der Waals surface area contributed by atoms with Crippen molar-refractivity contribution >= 4 is 17.5 Å². The van der Waals surface area contributed by atoms with Crippen LogP contribution >= 0.6 is 11.6 Å². The van der Waals surface area contributed by atoms with Gasteiger partial charge in [0.2, 0.25) is 5.91 Å². The third-order valence-corrected chi connectivity index (χ3v) is 3.83. The van der Waals surface area contributed by atoms with E-state index >= 15 is 0 Å². The Morgan fingerprint density at radius 2 is 1.70 bits per heavy atom. The van der Waals surface area contributed by atoms with Crippen LogP contribution in [-0.2, 0) is 17.6 Å². The summed E-state index contributed by atoms with van der Waals surface area (Å²) in [4.78, 5) is 11.8. The van der Waals surface area contributed by atoms with Crippen molar-refractivity contribution in [2.24, 2.45) is 0 Å². The molecular formula is C19H22ClNO2. The molecule has 0 saturated carbocycles. The lowest BCUT2D eigenvalue weighted by Gasteiger charge is -2.08. The van der Waals surface area contributed by atoms with Crippen molar-refractivity contribution in [3.63, 3.8) is 0 Å². The molecule has 2 aromatic rings. The average Bonchev–Trinajstić information content (AvgIpc) is 2.59. The number of benzene rings is 2. The molecule has 4 heteroatoms. The topological polar surface area (TPSA) is 38.3 Å². The molecule has 0 aromatic heterocycles. The molecule has 23 heavy (non-hydrogen) atoms. The predicted molar refractivity (Wildman–Crippen MR) is 94.1 cm³/mol. The Morgan fingerprint density at radius 3 is 2.35 bits per heavy atom. The Morgan fingerprint density at radius 1 is 1.04 bits per heavy atom. The van der Waals surface area contributed by atoms with Crippen molar-refractivity contribution < 1.29 is 9.53 Å². The third kappa shape index (κ3) is 6.33. The molecule has 0 spiro atoms. The number of aryl methyl sites for hydroxylation is 2. The number of rotatable bonds is 8. The highest BCUT2D eigenvalue weighted by molar-refractivity contribution is 6.30. The summed E-state index contributed by atoms with van der Waals surface area (Å²) in [6.45, 7) is 3.07. The summed E-state index contributed by atoms with van der Waals surface area (Å²) in [6.07, 6.45) is 2.29. The van der Waals surface area contributed by atoms with E-state index in [2.05, 4.69) is 36.5 Å². The van der Waals surface area contributed by atoms with E-state index in [-0.39, 0.29) is 5.91 Å². The molecule has 0 unspecified atom stereocenters. The Balaban J connectivity index is 1.62. The fraction of sp³-hybridized carbons (Fsp3) is 0.316. The number of nitrogens with one attached hydrogen (secondary N) is 1. The summed E-state index contributed by atoms with van der Waals surface area (Å²) >= 11 is 5.80. The number of hydrogen-bond donors (Lipinski definition) is 1. The van der Waals surface area contributed by atoms with Gasteiger partial charge in [-0.15, -0.1) is 0 Å². The second kappa shape index (κ2) is 9.21. The Kier molecular flexibility index (Phi) is 6.95. The summed E-state index contributed by atoms with van der Waals surface area (Å²) in [7, 11) is 0. The van der Waals surface area contributed by atoms with E-state index in [0.29, 0.717) is 24.6 Å². The van der Waals surface area contributed by atoms with Crippen molar-refractivity contribution in [2.45, 2.75) is 26.2 Å². The van der Waals surface area contributed by atoms with Gasteiger partial charge in [0.1, 0.15) is 12.4 Å². The zero-order valence-electron chi connectivity index (χ0n) is 13.3. The molecule has 2 aromatic carbocycles. The number of carbonyl (C=O) groups is 1. The molecular weight excluding hydrogens is 310 g/mol. The van der Waals surface area contributed by atoms with Crippen LogP contribution in [0.4, 0.5) is 0 Å². The maximum Gasteiger partial charge on any atom is 0.220 e. The first-order valence-corrected chi connectivity index (χ1v) is 8.28. The number of ether oxygens (including phenoxy) is 1. The van der Waals surface area contributed by atoms with Crippen molar-refractivity contribution in [3.05, 3.63) is 64.7 Å². The Hall–Kier alpha value is -2.00. The van der Waals surface area contributed by atoms with Crippen LogP contribution in [-0.4, -0.2) is 19.1 Å². The van der Waals surface area contributed by atoms with E-state index in [4.69, 9.17) is 16.3 Å². The normalized spacial score (nSPS) is 10.3. The lowest BCUT2D eigenvalue weighted by molar-refractivity contribution is -0.121. The average molecular weight is 332 g/mol. The number of hydrogen-bond acceptors (Lipinski definition) is 2. The standard InChI is InChI=1S/C19H22ClNO2/c1-2-15-3-5-16(6-4-15)7-12-19(22)21-13-14-23-18-10-8-17(20)9-11-18/h3-6,8-11H,2,7,12-14H2,1H3,(H,21,22). The van der Waals surface area contributed by atoms with E-state index in [0.717, 1.165) is 18.6 Å². The molecule has 0 saturated heterocycles. The number of halogens is 1. The van der Waals surface area contributed by atoms with E-state index in [1.807, 2.05) is 12.1 Å². The van der Waals surface area contributed by atoms with Gasteiger partial charge in [-0.2, -0.15) is 0 Å². The highest BCUT2D eigenvalue weighted by atomic mass is 35.5. The SMILES string of the molecule is CCc1ccc(CCC(=O)NCCOc2ccc(Cl)cc2)cc1. The van der Waals surface area contributed by atoms with E-state index in [1.165, 1.54) is 11.1 Å². The summed E-state index contributed by atoms with van der Waals surface area (Å²) < 4.78 is 5.53. The largest absolute Gasteiger partial charge is 0.492 e. The van der Waals surface area contributed by atoms with Crippen LogP contribution in [0.3, 0.4) is 0 Å². The monoisotopic (exact) mass is 331 g/mol. The molecule has 0 aliphatic heterocycles. The maximum atomic E-state index is 11.8. The van der Waals surface area contributed by atoms with Gasteiger partial charge in [-0.3, -0.25) is 4.79 Å². The minimum atomic E-state index is 0.0456. The second-order valence-electron chi connectivity index (χ2n) is 5.32. The molecule has 2 rings (SSSR count). The molecule has 0 aliphatic rings. The van der Waals surface area contributed by atoms with Gasteiger partial charge in [-0.05, 0) is 48.2 Å². The fourth-order valence-corrected chi connectivity index (χ4v) is 2.30. The van der Waals surface area contributed by atoms with Crippen LogP contribution in [0.25, 0.3) is 0 Å². The highest BCUT2D eigenvalue weighted by Gasteiger charge is 2.02. The zero-order chi connectivity index (χ0) is 16.5. The predicted octanol–water partition coefficient (Wildman–Crippen LogP) is 4.03. The summed E-state index contributed by atoms with van der Waals surface area (Å²) in [5.74, 6) is 0.795. The molecule has 1 amide bonds. The first kappa shape index (κ1) is 17.4. The highest BCUT2D eigenvalue weighted by Crippen LogP contribution is 2.15. The van der Waals surface area contributed by atoms with Crippen LogP contribution in [0.1, 0.15) is 24.5 Å². The van der Waals surface area contributed by atoms with Crippen LogP contribution in [0.5, 0.6) is 5.75 Å². The van der Waals surface area contributed by atoms with Crippen molar-refractivity contribution in [3.8, 4) is 5.75 Å². The maximum absolute atomic E-state index is 11.8. The van der Waals surface area contributed by atoms with Crippen LogP contribution < -0.4 is 10.1 Å². The van der Waals surface area contributed by atoms with Gasteiger partial charge in [-0.25, -0.2) is 0 Å². The molecule has 0 atom stereocenters. The number of carbonyl (C=O) groups excluding carboxylic acids is 1. The van der Waals surface area contributed by atoms with Crippen LogP contribution in [0, 0.1) is 0 Å². The van der Waals surface area contributed by atoms with Gasteiger partial charge in [0.25, 0.3) is 0 Å².